The molecule has 4 aromatic rings. The Morgan fingerprint density at radius 2 is 1.84 bits per heavy atom. The number of pyridine rings is 1. The molecule has 0 aliphatic rings. The van der Waals surface area contributed by atoms with Crippen LogP contribution in [0.4, 0.5) is 13.2 Å². The van der Waals surface area contributed by atoms with Gasteiger partial charge in [-0.15, -0.1) is 11.3 Å². The van der Waals surface area contributed by atoms with Gasteiger partial charge in [0.1, 0.15) is 23.5 Å². The van der Waals surface area contributed by atoms with Gasteiger partial charge in [-0.3, -0.25) is 5.14 Å². The SMILES string of the molecule is CSc1nc2nc([C@H](Cc3cc(F)cc(F)c3)CC(C)(C)S(N)=O)c(-c3ccc(F)c(C#N)c3)cc2s1. The van der Waals surface area contributed by atoms with Crippen LogP contribution in [0.15, 0.2) is 46.8 Å². The van der Waals surface area contributed by atoms with Crippen molar-refractivity contribution < 1.29 is 17.4 Å². The summed E-state index contributed by atoms with van der Waals surface area (Å²) in [5, 5.41) is 15.2. The molecule has 0 aliphatic carbocycles. The standard InChI is InChI=1S/C26H23F3N4OS3/c1-26(2,37(31)34)12-16(6-14-7-18(27)10-19(28)8-14)23-20(15-4-5-21(29)17(9-15)13-30)11-22-24(32-23)33-25(35-3)36-22/h4-5,7-11,16H,6,12,31H2,1-3H3/t16-,37?/m1/s1. The molecule has 0 aliphatic heterocycles. The molecule has 37 heavy (non-hydrogen) atoms. The van der Waals surface area contributed by atoms with Crippen molar-refractivity contribution in [2.24, 2.45) is 5.14 Å². The van der Waals surface area contributed by atoms with E-state index in [0.717, 1.165) is 15.1 Å². The molecule has 0 saturated heterocycles. The van der Waals surface area contributed by atoms with Gasteiger partial charge in [-0.05, 0) is 74.4 Å². The van der Waals surface area contributed by atoms with Crippen molar-refractivity contribution in [1.82, 2.24) is 9.97 Å². The van der Waals surface area contributed by atoms with Crippen LogP contribution in [0.1, 0.15) is 43.0 Å². The Hall–Kier alpha value is -2.78. The Morgan fingerprint density at radius 3 is 2.46 bits per heavy atom. The van der Waals surface area contributed by atoms with Crippen LogP contribution < -0.4 is 5.14 Å². The van der Waals surface area contributed by atoms with Crippen LogP contribution in [0.25, 0.3) is 21.5 Å². The van der Waals surface area contributed by atoms with Crippen molar-refractivity contribution in [1.29, 1.82) is 5.26 Å². The molecule has 2 aromatic heterocycles. The zero-order chi connectivity index (χ0) is 26.9. The third kappa shape index (κ3) is 6.04. The lowest BCUT2D eigenvalue weighted by atomic mass is 9.84. The smallest absolute Gasteiger partial charge is 0.171 e. The average molecular weight is 561 g/mol. The van der Waals surface area contributed by atoms with E-state index in [9.17, 15) is 22.6 Å². The summed E-state index contributed by atoms with van der Waals surface area (Å²) in [4.78, 5) is 9.44. The van der Waals surface area contributed by atoms with Crippen LogP contribution in [0.5, 0.6) is 0 Å². The largest absolute Gasteiger partial charge is 0.251 e. The number of aromatic nitrogens is 2. The molecular formula is C26H23F3N4OS3. The van der Waals surface area contributed by atoms with Gasteiger partial charge in [-0.25, -0.2) is 27.3 Å². The Balaban J connectivity index is 1.96. The summed E-state index contributed by atoms with van der Waals surface area (Å²) < 4.78 is 55.4. The number of thiazole rings is 1. The summed E-state index contributed by atoms with van der Waals surface area (Å²) in [5.74, 6) is -2.55. The van der Waals surface area contributed by atoms with Gasteiger partial charge in [0.05, 0.1) is 31.7 Å². The first-order chi connectivity index (χ1) is 17.5. The number of nitriles is 1. The molecule has 2 atom stereocenters. The van der Waals surface area contributed by atoms with E-state index in [2.05, 4.69) is 4.98 Å². The number of hydrogen-bond donors (Lipinski definition) is 1. The molecule has 0 radical (unpaired) electrons. The van der Waals surface area contributed by atoms with E-state index >= 15 is 0 Å². The van der Waals surface area contributed by atoms with Gasteiger partial charge >= 0.3 is 0 Å². The molecule has 2 aromatic carbocycles. The van der Waals surface area contributed by atoms with E-state index in [1.165, 1.54) is 47.4 Å². The maximum Gasteiger partial charge on any atom is 0.171 e. The molecule has 0 saturated carbocycles. The second kappa shape index (κ2) is 10.9. The topological polar surface area (TPSA) is 92.7 Å². The van der Waals surface area contributed by atoms with Crippen molar-refractivity contribution in [3.8, 4) is 17.2 Å². The summed E-state index contributed by atoms with van der Waals surface area (Å²) in [5.41, 5.74) is 2.49. The zero-order valence-electron chi connectivity index (χ0n) is 20.2. The Labute approximate surface area is 223 Å². The predicted molar refractivity (Wildman–Crippen MR) is 143 cm³/mol. The number of nitrogens with zero attached hydrogens (tertiary/aromatic N) is 3. The van der Waals surface area contributed by atoms with Crippen LogP contribution >= 0.6 is 23.1 Å². The quantitative estimate of drug-likeness (QED) is 0.249. The first-order valence-corrected chi connectivity index (χ1v) is 14.4. The van der Waals surface area contributed by atoms with Crippen LogP contribution in [0.2, 0.25) is 0 Å². The second-order valence-corrected chi connectivity index (χ2v) is 13.0. The Kier molecular flexibility index (Phi) is 8.04. The number of nitrogens with two attached hydrogens (primary N) is 1. The van der Waals surface area contributed by atoms with Crippen molar-refractivity contribution in [3.63, 3.8) is 0 Å². The molecule has 2 N–H and O–H groups in total. The van der Waals surface area contributed by atoms with Gasteiger partial charge in [0.25, 0.3) is 0 Å². The Bertz CT molecular complexity index is 1530. The van der Waals surface area contributed by atoms with Crippen LogP contribution in [-0.4, -0.2) is 25.2 Å². The van der Waals surface area contributed by atoms with Gasteiger partial charge in [0, 0.05) is 17.5 Å². The highest BCUT2D eigenvalue weighted by Gasteiger charge is 2.32. The lowest BCUT2D eigenvalue weighted by Gasteiger charge is -2.28. The number of fused-ring (bicyclic) bond motifs is 1. The van der Waals surface area contributed by atoms with Gasteiger partial charge in [-0.1, -0.05) is 17.8 Å². The number of halogens is 3. The highest BCUT2D eigenvalue weighted by Crippen LogP contribution is 2.40. The molecule has 0 fully saturated rings. The van der Waals surface area contributed by atoms with Crippen LogP contribution in [0, 0.1) is 28.8 Å². The monoisotopic (exact) mass is 560 g/mol. The fraction of sp³-hybridized carbons (Fsp3) is 0.269. The minimum Gasteiger partial charge on any atom is -0.251 e. The summed E-state index contributed by atoms with van der Waals surface area (Å²) in [6.07, 6.45) is 2.34. The number of benzene rings is 2. The van der Waals surface area contributed by atoms with Crippen LogP contribution in [-0.2, 0) is 17.4 Å². The average Bonchev–Trinajstić information content (AvgIpc) is 3.24. The minimum absolute atomic E-state index is 0.121. The van der Waals surface area contributed by atoms with Gasteiger partial charge < -0.3 is 0 Å². The lowest BCUT2D eigenvalue weighted by Crippen LogP contribution is -2.34. The molecule has 2 heterocycles. The third-order valence-electron chi connectivity index (χ3n) is 6.04. The molecule has 11 heteroatoms. The van der Waals surface area contributed by atoms with Gasteiger partial charge in [0.2, 0.25) is 0 Å². The molecular weight excluding hydrogens is 538 g/mol. The first kappa shape index (κ1) is 27.3. The molecule has 0 bridgehead atoms. The third-order valence-corrected chi connectivity index (χ3v) is 9.27. The zero-order valence-corrected chi connectivity index (χ0v) is 22.7. The number of rotatable bonds is 8. The van der Waals surface area contributed by atoms with Crippen molar-refractivity contribution in [2.45, 2.75) is 41.7 Å². The van der Waals surface area contributed by atoms with Gasteiger partial charge in [-0.2, -0.15) is 5.26 Å². The molecule has 4 rings (SSSR count). The summed E-state index contributed by atoms with van der Waals surface area (Å²) >= 11 is 2.92. The van der Waals surface area contributed by atoms with E-state index < -0.39 is 39.1 Å². The molecule has 192 valence electrons. The maximum atomic E-state index is 14.2. The lowest BCUT2D eigenvalue weighted by molar-refractivity contribution is 0.505. The molecule has 0 amide bonds. The summed E-state index contributed by atoms with van der Waals surface area (Å²) in [6, 6.07) is 11.3. The number of thioether (sulfide) groups is 1. The second-order valence-electron chi connectivity index (χ2n) is 9.17. The highest BCUT2D eigenvalue weighted by atomic mass is 32.2. The van der Waals surface area contributed by atoms with Crippen molar-refractivity contribution in [3.05, 3.63) is 76.7 Å². The molecule has 5 nitrogen and oxygen atoms in total. The van der Waals surface area contributed by atoms with E-state index in [4.69, 9.17) is 10.1 Å². The fourth-order valence-electron chi connectivity index (χ4n) is 4.22. The van der Waals surface area contributed by atoms with E-state index in [0.29, 0.717) is 28.0 Å². The Morgan fingerprint density at radius 1 is 1.14 bits per heavy atom. The maximum absolute atomic E-state index is 14.2. The van der Waals surface area contributed by atoms with Crippen molar-refractivity contribution in [2.75, 3.05) is 6.26 Å². The van der Waals surface area contributed by atoms with E-state index in [1.54, 1.807) is 19.9 Å². The van der Waals surface area contributed by atoms with Crippen molar-refractivity contribution >= 4 is 44.4 Å². The van der Waals surface area contributed by atoms with Crippen LogP contribution in [0.3, 0.4) is 0 Å². The molecule has 1 unspecified atom stereocenters. The molecule has 0 spiro atoms. The highest BCUT2D eigenvalue weighted by molar-refractivity contribution is 8.00. The summed E-state index contributed by atoms with van der Waals surface area (Å²) in [7, 11) is -1.71. The predicted octanol–water partition coefficient (Wildman–Crippen LogP) is 6.49. The van der Waals surface area contributed by atoms with Gasteiger partial charge in [0.15, 0.2) is 9.99 Å². The normalized spacial score (nSPS) is 13.5. The fourth-order valence-corrected chi connectivity index (χ4v) is 6.05. The first-order valence-electron chi connectivity index (χ1n) is 11.2. The van der Waals surface area contributed by atoms with E-state index in [-0.39, 0.29) is 18.4 Å². The summed E-state index contributed by atoms with van der Waals surface area (Å²) in [6.45, 7) is 3.50. The minimum atomic E-state index is -1.71. The number of hydrogen-bond acceptors (Lipinski definition) is 6. The van der Waals surface area contributed by atoms with E-state index in [1.807, 2.05) is 18.4 Å².